The minimum Gasteiger partial charge on any atom is -0.446 e. The molecule has 0 atom stereocenters. The highest BCUT2D eigenvalue weighted by atomic mass is 16.6. The molecule has 0 aromatic heterocycles. The number of carbonyl (C=O) groups excluding carboxylic acids is 3. The van der Waals surface area contributed by atoms with Crippen LogP contribution < -0.4 is 5.32 Å². The van der Waals surface area contributed by atoms with Crippen LogP contribution in [-0.4, -0.2) is 118 Å². The van der Waals surface area contributed by atoms with Crippen molar-refractivity contribution >= 4 is 17.9 Å². The van der Waals surface area contributed by atoms with E-state index in [9.17, 15) is 14.4 Å². The Morgan fingerprint density at radius 3 is 1.85 bits per heavy atom. The number of piperidine rings is 1. The zero-order chi connectivity index (χ0) is 33.1. The van der Waals surface area contributed by atoms with Crippen LogP contribution >= 0.6 is 0 Å². The summed E-state index contributed by atoms with van der Waals surface area (Å²) >= 11 is 0. The van der Waals surface area contributed by atoms with Crippen molar-refractivity contribution in [1.82, 2.24) is 15.1 Å². The molecule has 250 valence electrons. The van der Waals surface area contributed by atoms with Crippen LogP contribution in [0, 0.1) is 0 Å². The molecule has 0 bridgehead atoms. The van der Waals surface area contributed by atoms with E-state index >= 15 is 0 Å². The molecule has 5 rings (SSSR count). The maximum absolute atomic E-state index is 12.9. The molecule has 0 radical (unpaired) electrons. The topological polar surface area (TPSA) is 97.4 Å². The third-order valence-electron chi connectivity index (χ3n) is 8.91. The van der Waals surface area contributed by atoms with Crippen molar-refractivity contribution in [1.29, 1.82) is 0 Å². The Kier molecular flexibility index (Phi) is 12.1. The Hall–Kier alpha value is -4.09. The van der Waals surface area contributed by atoms with Gasteiger partial charge in [0, 0.05) is 19.6 Å². The highest BCUT2D eigenvalue weighted by Gasteiger charge is 2.36. The van der Waals surface area contributed by atoms with Gasteiger partial charge in [-0.3, -0.25) is 14.5 Å². The van der Waals surface area contributed by atoms with E-state index in [1.165, 1.54) is 4.90 Å². The quantitative estimate of drug-likeness (QED) is 0.141. The van der Waals surface area contributed by atoms with E-state index in [4.69, 9.17) is 14.2 Å². The van der Waals surface area contributed by atoms with Gasteiger partial charge in [0.15, 0.2) is 0 Å². The van der Waals surface area contributed by atoms with Crippen molar-refractivity contribution in [3.8, 4) is 0 Å². The number of ether oxygens (including phenoxy) is 3. The Labute approximate surface area is 277 Å². The van der Waals surface area contributed by atoms with Crippen molar-refractivity contribution in [2.45, 2.75) is 25.0 Å². The molecule has 2 aliphatic heterocycles. The monoisotopic (exact) mass is 643 g/mol. The zero-order valence-corrected chi connectivity index (χ0v) is 27.5. The summed E-state index contributed by atoms with van der Waals surface area (Å²) in [6, 6.07) is 26.6. The van der Waals surface area contributed by atoms with Crippen molar-refractivity contribution in [2.24, 2.45) is 0 Å². The number of benzene rings is 3. The number of quaternary nitrogens is 1. The van der Waals surface area contributed by atoms with Crippen LogP contribution in [-0.2, 0) is 14.2 Å². The summed E-state index contributed by atoms with van der Waals surface area (Å²) in [6.45, 7) is 6.54. The number of nitrogens with one attached hydrogen (secondary N) is 1. The molecule has 1 N–H and O–H groups in total. The first-order valence-electron chi connectivity index (χ1n) is 16.5. The summed E-state index contributed by atoms with van der Waals surface area (Å²) in [7, 11) is 4.15. The maximum atomic E-state index is 12.9. The summed E-state index contributed by atoms with van der Waals surface area (Å²) in [5.74, 6) is -0.424. The molecule has 1 saturated heterocycles. The molecule has 0 unspecified atom stereocenters. The third-order valence-corrected chi connectivity index (χ3v) is 8.91. The second-order valence-electron chi connectivity index (χ2n) is 12.8. The standard InChI is InChI=1S/C37H46N4O6/c1-41(2,23-21-40-35(42)32-15-9-10-16-33(32)36(40)43)24-26-46-28-27-45-25-22-39-19-17-31(18-20-39)47-37(44)38-34(29-11-5-3-6-12-29)30-13-7-4-8-14-30/h3-16,31,34H,17-28H2,1-2H3/p+1. The van der Waals surface area contributed by atoms with E-state index in [1.54, 1.807) is 24.3 Å². The number of fused-ring (bicyclic) bond motifs is 1. The van der Waals surface area contributed by atoms with Crippen molar-refractivity contribution in [3.63, 3.8) is 0 Å². The van der Waals surface area contributed by atoms with Gasteiger partial charge in [-0.05, 0) is 36.1 Å². The predicted molar refractivity (Wildman–Crippen MR) is 179 cm³/mol. The van der Waals surface area contributed by atoms with Gasteiger partial charge in [-0.1, -0.05) is 72.8 Å². The van der Waals surface area contributed by atoms with E-state index in [2.05, 4.69) is 24.3 Å². The van der Waals surface area contributed by atoms with Crippen LogP contribution in [0.3, 0.4) is 0 Å². The number of carbonyl (C=O) groups is 3. The predicted octanol–water partition coefficient (Wildman–Crippen LogP) is 4.37. The fourth-order valence-corrected chi connectivity index (χ4v) is 5.96. The van der Waals surface area contributed by atoms with Gasteiger partial charge < -0.3 is 28.9 Å². The third kappa shape index (κ3) is 9.71. The number of hydrogen-bond acceptors (Lipinski definition) is 7. The minimum atomic E-state index is -0.394. The Balaban J connectivity index is 0.905. The van der Waals surface area contributed by atoms with Gasteiger partial charge in [-0.25, -0.2) is 4.79 Å². The fourth-order valence-electron chi connectivity index (χ4n) is 5.96. The minimum absolute atomic E-state index is 0.108. The Morgan fingerprint density at radius 2 is 1.28 bits per heavy atom. The highest BCUT2D eigenvalue weighted by molar-refractivity contribution is 6.21. The molecule has 2 heterocycles. The molecule has 0 aliphatic carbocycles. The van der Waals surface area contributed by atoms with Crippen LogP contribution in [0.2, 0.25) is 0 Å². The first-order valence-corrected chi connectivity index (χ1v) is 16.5. The number of amides is 3. The van der Waals surface area contributed by atoms with E-state index < -0.39 is 6.09 Å². The van der Waals surface area contributed by atoms with Crippen molar-refractivity contribution < 1.29 is 33.1 Å². The van der Waals surface area contributed by atoms with Crippen LogP contribution in [0.4, 0.5) is 4.79 Å². The van der Waals surface area contributed by atoms with E-state index in [1.807, 2.05) is 60.7 Å². The number of rotatable bonds is 16. The molecule has 3 aromatic rings. The first-order chi connectivity index (χ1) is 22.8. The lowest BCUT2D eigenvalue weighted by Crippen LogP contribution is -2.48. The second kappa shape index (κ2) is 16.6. The molecule has 1 fully saturated rings. The second-order valence-corrected chi connectivity index (χ2v) is 12.8. The summed E-state index contributed by atoms with van der Waals surface area (Å²) in [5, 5.41) is 3.07. The van der Waals surface area contributed by atoms with E-state index in [-0.39, 0.29) is 24.0 Å². The van der Waals surface area contributed by atoms with Gasteiger partial charge in [0.2, 0.25) is 0 Å². The SMILES string of the molecule is C[N+](C)(CCOCCOCCN1CCC(OC(=O)NC(c2ccccc2)c2ccccc2)CC1)CCN1C(=O)c2ccccc2C1=O. The lowest BCUT2D eigenvalue weighted by atomic mass is 9.99. The molecular weight excluding hydrogens is 596 g/mol. The summed E-state index contributed by atoms with van der Waals surface area (Å²) < 4.78 is 18.1. The first kappa shape index (κ1) is 34.3. The Morgan fingerprint density at radius 1 is 0.745 bits per heavy atom. The van der Waals surface area contributed by atoms with Gasteiger partial charge in [0.1, 0.15) is 12.6 Å². The van der Waals surface area contributed by atoms with E-state index in [0.717, 1.165) is 50.1 Å². The van der Waals surface area contributed by atoms with E-state index in [0.29, 0.717) is 55.1 Å². The molecule has 10 nitrogen and oxygen atoms in total. The Bertz CT molecular complexity index is 1390. The van der Waals surface area contributed by atoms with Gasteiger partial charge in [-0.15, -0.1) is 0 Å². The fraction of sp³-hybridized carbons (Fsp3) is 0.432. The molecule has 47 heavy (non-hydrogen) atoms. The van der Waals surface area contributed by atoms with Gasteiger partial charge >= 0.3 is 6.09 Å². The molecule has 0 spiro atoms. The lowest BCUT2D eigenvalue weighted by molar-refractivity contribution is -0.889. The number of nitrogens with zero attached hydrogens (tertiary/aromatic N) is 3. The van der Waals surface area contributed by atoms with Crippen LogP contribution in [0.5, 0.6) is 0 Å². The lowest BCUT2D eigenvalue weighted by Gasteiger charge is -2.32. The summed E-state index contributed by atoms with van der Waals surface area (Å²) in [6.07, 6.45) is 1.08. The van der Waals surface area contributed by atoms with Crippen LogP contribution in [0.15, 0.2) is 84.9 Å². The van der Waals surface area contributed by atoms with Gasteiger partial charge in [0.25, 0.3) is 11.8 Å². The maximum Gasteiger partial charge on any atom is 0.408 e. The van der Waals surface area contributed by atoms with Crippen LogP contribution in [0.25, 0.3) is 0 Å². The number of imide groups is 1. The number of alkyl carbamates (subject to hydrolysis) is 1. The molecule has 10 heteroatoms. The molecule has 3 amide bonds. The average Bonchev–Trinajstić information content (AvgIpc) is 3.33. The highest BCUT2D eigenvalue weighted by Crippen LogP contribution is 2.24. The largest absolute Gasteiger partial charge is 0.446 e. The molecular formula is C37H47N4O6+. The molecule has 3 aromatic carbocycles. The molecule has 0 saturated carbocycles. The van der Waals surface area contributed by atoms with Crippen molar-refractivity contribution in [3.05, 3.63) is 107 Å². The molecule has 2 aliphatic rings. The summed E-state index contributed by atoms with van der Waals surface area (Å²) in [4.78, 5) is 41.8. The van der Waals surface area contributed by atoms with Gasteiger partial charge in [0.05, 0.1) is 70.8 Å². The number of likely N-dealkylation sites (N-methyl/N-ethyl adjacent to an activating group) is 1. The zero-order valence-electron chi connectivity index (χ0n) is 27.5. The van der Waals surface area contributed by atoms with Gasteiger partial charge in [-0.2, -0.15) is 0 Å². The number of likely N-dealkylation sites (tertiary alicyclic amines) is 1. The normalized spacial score (nSPS) is 15.7. The number of hydrogen-bond donors (Lipinski definition) is 1. The smallest absolute Gasteiger partial charge is 0.408 e. The van der Waals surface area contributed by atoms with Crippen molar-refractivity contribution in [2.75, 3.05) is 79.8 Å². The average molecular weight is 644 g/mol. The van der Waals surface area contributed by atoms with Crippen LogP contribution in [0.1, 0.15) is 50.7 Å². The summed E-state index contributed by atoms with van der Waals surface area (Å²) in [5.41, 5.74) is 3.00.